The Morgan fingerprint density at radius 2 is 0.721 bits per heavy atom. The van der Waals surface area contributed by atoms with Gasteiger partial charge in [0.15, 0.2) is 0 Å². The zero-order valence-corrected chi connectivity index (χ0v) is 37.4. The van der Waals surface area contributed by atoms with Crippen LogP contribution < -0.4 is 4.90 Å². The molecular formula is C67H45N. The average molecular weight is 864 g/mol. The maximum Gasteiger partial charge on any atom is 0.0714 e. The zero-order chi connectivity index (χ0) is 45.0. The monoisotopic (exact) mass is 863 g/mol. The lowest BCUT2D eigenvalue weighted by Gasteiger charge is -2.35. The maximum absolute atomic E-state index is 2.46. The SMILES string of the molecule is c1ccc(C2(c3ccccc3)c3ccccc3-c3ccc(N(c4ccc(-c5cccc(-c6cccc7ccccc67)c5)cc4)c4ccc(-c5ccc6c(ccc7ccccc76)c5)cc4)cc32)cc1. The third-order valence-corrected chi connectivity index (χ3v) is 14.3. The van der Waals surface area contributed by atoms with Crippen LogP contribution in [0.5, 0.6) is 0 Å². The molecule has 1 aliphatic carbocycles. The molecule has 1 nitrogen and oxygen atoms in total. The molecule has 12 aromatic carbocycles. The fourth-order valence-electron chi connectivity index (χ4n) is 11.2. The van der Waals surface area contributed by atoms with E-state index in [-0.39, 0.29) is 0 Å². The minimum absolute atomic E-state index is 0.514. The second-order valence-corrected chi connectivity index (χ2v) is 18.0. The van der Waals surface area contributed by atoms with Crippen LogP contribution in [0.1, 0.15) is 22.3 Å². The average Bonchev–Trinajstić information content (AvgIpc) is 3.72. The molecule has 0 saturated heterocycles. The van der Waals surface area contributed by atoms with Gasteiger partial charge < -0.3 is 4.90 Å². The van der Waals surface area contributed by atoms with Gasteiger partial charge in [0, 0.05) is 17.1 Å². The van der Waals surface area contributed by atoms with Gasteiger partial charge in [-0.3, -0.25) is 0 Å². The molecule has 0 aromatic heterocycles. The first kappa shape index (κ1) is 39.6. The molecule has 0 unspecified atom stereocenters. The highest BCUT2D eigenvalue weighted by atomic mass is 15.1. The number of nitrogens with zero attached hydrogens (tertiary/aromatic N) is 1. The first-order valence-electron chi connectivity index (χ1n) is 23.6. The van der Waals surface area contributed by atoms with Gasteiger partial charge >= 0.3 is 0 Å². The van der Waals surface area contributed by atoms with E-state index in [0.29, 0.717) is 0 Å². The molecular weight excluding hydrogens is 819 g/mol. The van der Waals surface area contributed by atoms with Gasteiger partial charge in [0.05, 0.1) is 5.41 Å². The lowest BCUT2D eigenvalue weighted by molar-refractivity contribution is 0.768. The molecule has 0 aliphatic heterocycles. The maximum atomic E-state index is 2.46. The lowest BCUT2D eigenvalue weighted by atomic mass is 9.67. The van der Waals surface area contributed by atoms with Crippen LogP contribution in [0.4, 0.5) is 17.1 Å². The van der Waals surface area contributed by atoms with Crippen molar-refractivity contribution in [2.24, 2.45) is 0 Å². The number of rotatable bonds is 8. The van der Waals surface area contributed by atoms with E-state index in [1.54, 1.807) is 0 Å². The van der Waals surface area contributed by atoms with Crippen molar-refractivity contribution < 1.29 is 0 Å². The Morgan fingerprint density at radius 1 is 0.235 bits per heavy atom. The summed E-state index contributed by atoms with van der Waals surface area (Å²) >= 11 is 0. The van der Waals surface area contributed by atoms with E-state index in [9.17, 15) is 0 Å². The number of hydrogen-bond donors (Lipinski definition) is 0. The molecule has 0 radical (unpaired) electrons. The van der Waals surface area contributed by atoms with Crippen molar-refractivity contribution in [3.63, 3.8) is 0 Å². The predicted molar refractivity (Wildman–Crippen MR) is 287 cm³/mol. The summed E-state index contributed by atoms with van der Waals surface area (Å²) in [5.41, 5.74) is 17.6. The Balaban J connectivity index is 0.950. The van der Waals surface area contributed by atoms with Crippen molar-refractivity contribution in [2.45, 2.75) is 5.41 Å². The van der Waals surface area contributed by atoms with Crippen molar-refractivity contribution in [1.29, 1.82) is 0 Å². The molecule has 0 spiro atoms. The standard InChI is InChI=1S/C67H45N/c1-3-20-54(21-4-1)67(55-22-5-2-6-23-55)65-28-12-11-26-63(65)64-42-40-58(45-66(64)67)68(57-38-33-47(34-39-57)51-35-41-62-53(44-51)30-29-49-16-8-10-25-60(49)62)56-36-31-46(32-37-56)50-18-13-19-52(43-50)61-27-14-17-48-15-7-9-24-59(48)61/h1-45H. The lowest BCUT2D eigenvalue weighted by Crippen LogP contribution is -2.28. The molecule has 318 valence electrons. The van der Waals surface area contributed by atoms with Gasteiger partial charge in [0.2, 0.25) is 0 Å². The smallest absolute Gasteiger partial charge is 0.0714 e. The zero-order valence-electron chi connectivity index (χ0n) is 37.4. The Hall–Kier alpha value is -8.78. The highest BCUT2D eigenvalue weighted by molar-refractivity contribution is 6.08. The summed E-state index contributed by atoms with van der Waals surface area (Å²) in [6, 6.07) is 101. The van der Waals surface area contributed by atoms with E-state index < -0.39 is 5.41 Å². The van der Waals surface area contributed by atoms with Gasteiger partial charge in [-0.1, -0.05) is 224 Å². The minimum Gasteiger partial charge on any atom is -0.310 e. The fraction of sp³-hybridized carbons (Fsp3) is 0.0149. The first-order valence-corrected chi connectivity index (χ1v) is 23.6. The highest BCUT2D eigenvalue weighted by Gasteiger charge is 2.46. The quantitative estimate of drug-likeness (QED) is 0.138. The van der Waals surface area contributed by atoms with Crippen molar-refractivity contribution >= 4 is 49.4 Å². The minimum atomic E-state index is -0.514. The normalized spacial score (nSPS) is 12.5. The Labute approximate surface area is 397 Å². The van der Waals surface area contributed by atoms with Crippen LogP contribution in [0.15, 0.2) is 273 Å². The summed E-state index contributed by atoms with van der Waals surface area (Å²) in [4.78, 5) is 2.43. The highest BCUT2D eigenvalue weighted by Crippen LogP contribution is 2.57. The number of fused-ring (bicyclic) bond motifs is 7. The van der Waals surface area contributed by atoms with Gasteiger partial charge in [-0.05, 0) is 148 Å². The van der Waals surface area contributed by atoms with Crippen molar-refractivity contribution in [3.05, 3.63) is 295 Å². The summed E-state index contributed by atoms with van der Waals surface area (Å²) in [5, 5.41) is 7.58. The first-order chi connectivity index (χ1) is 33.7. The molecule has 0 heterocycles. The molecule has 0 saturated carbocycles. The fourth-order valence-corrected chi connectivity index (χ4v) is 11.2. The van der Waals surface area contributed by atoms with E-state index in [0.717, 1.165) is 17.1 Å². The van der Waals surface area contributed by atoms with E-state index >= 15 is 0 Å². The summed E-state index contributed by atoms with van der Waals surface area (Å²) in [6.45, 7) is 0. The van der Waals surface area contributed by atoms with Crippen LogP contribution in [-0.2, 0) is 5.41 Å². The van der Waals surface area contributed by atoms with Crippen LogP contribution >= 0.6 is 0 Å². The Kier molecular flexibility index (Phi) is 9.47. The summed E-state index contributed by atoms with van der Waals surface area (Å²) in [5.74, 6) is 0. The van der Waals surface area contributed by atoms with Crippen molar-refractivity contribution in [1.82, 2.24) is 0 Å². The molecule has 0 N–H and O–H groups in total. The van der Waals surface area contributed by atoms with Crippen LogP contribution in [0.3, 0.4) is 0 Å². The van der Waals surface area contributed by atoms with E-state index in [4.69, 9.17) is 0 Å². The molecule has 0 fully saturated rings. The summed E-state index contributed by atoms with van der Waals surface area (Å²) in [6.07, 6.45) is 0. The Bertz CT molecular complexity index is 3790. The van der Waals surface area contributed by atoms with Crippen LogP contribution in [-0.4, -0.2) is 0 Å². The van der Waals surface area contributed by atoms with Crippen LogP contribution in [0.25, 0.3) is 76.8 Å². The number of benzene rings is 12. The molecule has 1 heteroatoms. The van der Waals surface area contributed by atoms with Gasteiger partial charge in [0.1, 0.15) is 0 Å². The second-order valence-electron chi connectivity index (χ2n) is 18.0. The van der Waals surface area contributed by atoms with Gasteiger partial charge in [-0.25, -0.2) is 0 Å². The van der Waals surface area contributed by atoms with Gasteiger partial charge in [-0.2, -0.15) is 0 Å². The van der Waals surface area contributed by atoms with Crippen LogP contribution in [0, 0.1) is 0 Å². The molecule has 12 aromatic rings. The number of anilines is 3. The molecule has 0 amide bonds. The third-order valence-electron chi connectivity index (χ3n) is 14.3. The van der Waals surface area contributed by atoms with Crippen molar-refractivity contribution in [2.75, 3.05) is 4.90 Å². The Morgan fingerprint density at radius 3 is 1.44 bits per heavy atom. The largest absolute Gasteiger partial charge is 0.310 e. The summed E-state index contributed by atoms with van der Waals surface area (Å²) < 4.78 is 0. The predicted octanol–water partition coefficient (Wildman–Crippen LogP) is 18.0. The topological polar surface area (TPSA) is 3.24 Å². The molecule has 68 heavy (non-hydrogen) atoms. The summed E-state index contributed by atoms with van der Waals surface area (Å²) in [7, 11) is 0. The van der Waals surface area contributed by atoms with E-state index in [2.05, 4.69) is 278 Å². The molecule has 0 bridgehead atoms. The molecule has 1 aliphatic rings. The van der Waals surface area contributed by atoms with E-state index in [1.165, 1.54) is 99.1 Å². The molecule has 0 atom stereocenters. The van der Waals surface area contributed by atoms with Gasteiger partial charge in [-0.15, -0.1) is 0 Å². The van der Waals surface area contributed by atoms with Crippen LogP contribution in [0.2, 0.25) is 0 Å². The van der Waals surface area contributed by atoms with Crippen molar-refractivity contribution in [3.8, 4) is 44.5 Å². The molecule has 13 rings (SSSR count). The second kappa shape index (κ2) is 16.3. The number of hydrogen-bond acceptors (Lipinski definition) is 1. The van der Waals surface area contributed by atoms with Gasteiger partial charge in [0.25, 0.3) is 0 Å². The van der Waals surface area contributed by atoms with E-state index in [1.807, 2.05) is 0 Å². The third kappa shape index (κ3) is 6.47.